The van der Waals surface area contributed by atoms with Crippen molar-refractivity contribution >= 4 is 56.8 Å². The van der Waals surface area contributed by atoms with Crippen LogP contribution in [0.15, 0.2) is 0 Å². The van der Waals surface area contributed by atoms with Crippen molar-refractivity contribution in [1.29, 1.82) is 0 Å². The van der Waals surface area contributed by atoms with Gasteiger partial charge in [-0.05, 0) is 0 Å². The van der Waals surface area contributed by atoms with E-state index in [0.717, 1.165) is 0 Å². The van der Waals surface area contributed by atoms with E-state index in [1.807, 2.05) is 0 Å². The SMILES string of the molecule is C[PH+](C)C[PH+](C)C.S=C([S-])[S-].[Pt].[Pt]. The normalized spacial score (nSPS) is 7.85. The summed E-state index contributed by atoms with van der Waals surface area (Å²) in [6, 6.07) is 0. The Hall–Kier alpha value is 2.77. The number of rotatable bonds is 2. The van der Waals surface area contributed by atoms with Gasteiger partial charge in [0.05, 0.1) is 0 Å². The minimum Gasteiger partial charge on any atom is -0.570 e. The smallest absolute Gasteiger partial charge is 0.154 e. The molecule has 0 aromatic rings. The topological polar surface area (TPSA) is 0 Å². The van der Waals surface area contributed by atoms with Gasteiger partial charge in [0.25, 0.3) is 0 Å². The Balaban J connectivity index is -0.0000000600. The molecule has 88 valence electrons. The molecule has 0 heterocycles. The van der Waals surface area contributed by atoms with Crippen LogP contribution in [0.5, 0.6) is 0 Å². The van der Waals surface area contributed by atoms with Crippen LogP contribution in [0, 0.1) is 0 Å². The van der Waals surface area contributed by atoms with Crippen LogP contribution < -0.4 is 0 Å². The fourth-order valence-electron chi connectivity index (χ4n) is 0.707. The molecule has 7 heteroatoms. The molecule has 0 saturated heterocycles. The summed E-state index contributed by atoms with van der Waals surface area (Å²) in [4.78, 5) is 0. The van der Waals surface area contributed by atoms with Gasteiger partial charge in [0.1, 0.15) is 0 Å². The van der Waals surface area contributed by atoms with Crippen molar-refractivity contribution in [3.05, 3.63) is 0 Å². The molecule has 0 radical (unpaired) electrons. The molecular weight excluding hydrogens is 620 g/mol. The van der Waals surface area contributed by atoms with Crippen molar-refractivity contribution < 1.29 is 42.1 Å². The van der Waals surface area contributed by atoms with Gasteiger partial charge in [0.15, 0.2) is 5.90 Å². The van der Waals surface area contributed by atoms with Crippen molar-refractivity contribution in [2.45, 2.75) is 0 Å². The number of thiocarbonyl (C=S) groups is 1. The summed E-state index contributed by atoms with van der Waals surface area (Å²) in [7, 11) is 0.222. The zero-order valence-corrected chi connectivity index (χ0v) is 17.1. The molecule has 0 N–H and O–H groups in total. The quantitative estimate of drug-likeness (QED) is 0.260. The van der Waals surface area contributed by atoms with Crippen molar-refractivity contribution in [2.24, 2.45) is 0 Å². The van der Waals surface area contributed by atoms with Crippen molar-refractivity contribution in [3.63, 3.8) is 0 Å². The molecule has 0 unspecified atom stereocenters. The monoisotopic (exact) mass is 636 g/mol. The van der Waals surface area contributed by atoms with E-state index in [0.29, 0.717) is 0 Å². The van der Waals surface area contributed by atoms with Crippen LogP contribution in [0.4, 0.5) is 0 Å². The summed E-state index contributed by atoms with van der Waals surface area (Å²) in [5, 5.41) is 0. The second-order valence-corrected chi connectivity index (χ2v) is 11.1. The van der Waals surface area contributed by atoms with Crippen molar-refractivity contribution in [3.8, 4) is 0 Å². The van der Waals surface area contributed by atoms with E-state index >= 15 is 0 Å². The fourth-order valence-corrected chi connectivity index (χ4v) is 6.36. The van der Waals surface area contributed by atoms with Gasteiger partial charge in [-0.2, -0.15) is 0 Å². The van der Waals surface area contributed by atoms with Crippen LogP contribution in [0.3, 0.4) is 0 Å². The first-order valence-corrected chi connectivity index (χ1v) is 9.96. The Morgan fingerprint density at radius 1 is 1.00 bits per heavy atom. The molecule has 0 rings (SSSR count). The first-order valence-electron chi connectivity index (χ1n) is 3.32. The molecule has 0 saturated carbocycles. The third-order valence-electron chi connectivity index (χ3n) is 0.707. The fraction of sp³-hybridized carbons (Fsp3) is 0.833. The van der Waals surface area contributed by atoms with Gasteiger partial charge in [-0.1, -0.05) is 0 Å². The Bertz CT molecular complexity index is 102. The number of hydrogen-bond acceptors (Lipinski definition) is 3. The average molecular weight is 636 g/mol. The summed E-state index contributed by atoms with van der Waals surface area (Å²) >= 11 is 12.5. The standard InChI is InChI=1S/C5H14P2.CH2S3.2Pt/c1-6(2)5-7(3)4;2-1(3)4;;/h5H2,1-4H3;(H2,2,3,4);;. The molecule has 0 aromatic carbocycles. The zero-order valence-electron chi connectivity index (χ0n) is 8.06. The minimum absolute atomic E-state index is 0. The predicted octanol–water partition coefficient (Wildman–Crippen LogP) is 2.25. The van der Waals surface area contributed by atoms with Gasteiger partial charge < -0.3 is 37.5 Å². The maximum absolute atomic E-state index is 4.17. The molecule has 0 bridgehead atoms. The first-order chi connectivity index (χ1) is 4.86. The molecule has 0 aliphatic heterocycles. The second kappa shape index (κ2) is 17.2. The Morgan fingerprint density at radius 2 is 1.15 bits per heavy atom. The molecule has 0 aliphatic carbocycles. The van der Waals surface area contributed by atoms with E-state index in [1.165, 1.54) is 0 Å². The molecule has 0 nitrogen and oxygen atoms in total. The third kappa shape index (κ3) is 52.6. The van der Waals surface area contributed by atoms with Gasteiger partial charge in [-0.15, -0.1) is 0 Å². The molecular formula is C6H16P2Pt2S3. The average Bonchev–Trinajstić information content (AvgIpc) is 1.56. The van der Waals surface area contributed by atoms with Gasteiger partial charge >= 0.3 is 0 Å². The largest absolute Gasteiger partial charge is 0.570 e. The Labute approximate surface area is 130 Å². The van der Waals surface area contributed by atoms with Crippen LogP contribution in [-0.2, 0) is 67.4 Å². The second-order valence-electron chi connectivity index (χ2n) is 2.84. The van der Waals surface area contributed by atoms with E-state index in [4.69, 9.17) is 0 Å². The van der Waals surface area contributed by atoms with E-state index in [1.54, 1.807) is 5.90 Å². The number of hydrogen-bond donors (Lipinski definition) is 0. The third-order valence-corrected chi connectivity index (χ3v) is 6.36. The summed E-state index contributed by atoms with van der Waals surface area (Å²) < 4.78 is 0.167. The molecule has 0 atom stereocenters. The van der Waals surface area contributed by atoms with E-state index in [-0.39, 0.29) is 61.5 Å². The molecule has 0 amide bonds. The zero-order chi connectivity index (χ0) is 9.44. The van der Waals surface area contributed by atoms with Crippen molar-refractivity contribution in [2.75, 3.05) is 32.6 Å². The van der Waals surface area contributed by atoms with E-state index in [2.05, 4.69) is 64.1 Å². The summed E-state index contributed by atoms with van der Waals surface area (Å²) in [6.45, 7) is 9.56. The van der Waals surface area contributed by atoms with Gasteiger partial charge in [-0.25, -0.2) is 0 Å². The molecule has 0 aliphatic rings. The Morgan fingerprint density at radius 3 is 1.15 bits per heavy atom. The molecule has 0 fully saturated rings. The summed E-state index contributed by atoms with van der Waals surface area (Å²) in [5.74, 6) is 1.56. The van der Waals surface area contributed by atoms with Gasteiger partial charge in [0, 0.05) is 84.6 Å². The predicted molar refractivity (Wildman–Crippen MR) is 72.5 cm³/mol. The molecule has 0 aromatic heterocycles. The van der Waals surface area contributed by atoms with E-state index in [9.17, 15) is 0 Å². The van der Waals surface area contributed by atoms with Crippen LogP contribution in [0.2, 0.25) is 0 Å². The van der Waals surface area contributed by atoms with Crippen LogP contribution >= 0.6 is 28.1 Å². The van der Waals surface area contributed by atoms with Gasteiger partial charge in [-0.3, -0.25) is 3.53 Å². The maximum Gasteiger partial charge on any atom is 0.154 e. The minimum atomic E-state index is 0. The Kier molecular flexibility index (Phi) is 32.8. The van der Waals surface area contributed by atoms with E-state index < -0.39 is 0 Å². The van der Waals surface area contributed by atoms with Crippen LogP contribution in [0.1, 0.15) is 0 Å². The van der Waals surface area contributed by atoms with Crippen LogP contribution in [0.25, 0.3) is 0 Å². The summed E-state index contributed by atoms with van der Waals surface area (Å²) in [6.07, 6.45) is 0. The van der Waals surface area contributed by atoms with Gasteiger partial charge in [0.2, 0.25) is 0 Å². The van der Waals surface area contributed by atoms with Crippen LogP contribution in [-0.4, -0.2) is 36.1 Å². The maximum atomic E-state index is 4.17. The first kappa shape index (κ1) is 24.8. The summed E-state index contributed by atoms with van der Waals surface area (Å²) in [5.41, 5.74) is 0. The molecule has 0 spiro atoms. The molecule has 13 heavy (non-hydrogen) atoms. The van der Waals surface area contributed by atoms with Crippen molar-refractivity contribution in [1.82, 2.24) is 0 Å².